The van der Waals surface area contributed by atoms with Gasteiger partial charge in [-0.1, -0.05) is 38.1 Å². The van der Waals surface area contributed by atoms with Gasteiger partial charge in [0.2, 0.25) is 0 Å². The van der Waals surface area contributed by atoms with E-state index in [9.17, 15) is 0 Å². The van der Waals surface area contributed by atoms with Crippen molar-refractivity contribution in [3.05, 3.63) is 42.2 Å². The molecule has 16 heavy (non-hydrogen) atoms. The summed E-state index contributed by atoms with van der Waals surface area (Å²) in [4.78, 5) is 4.54. The molecule has 2 heteroatoms. The first-order valence-electron chi connectivity index (χ1n) is 5.75. The predicted octanol–water partition coefficient (Wildman–Crippen LogP) is 3.15. The monoisotopic (exact) mass is 214 g/mol. The molecule has 0 saturated carbocycles. The van der Waals surface area contributed by atoms with E-state index in [0.29, 0.717) is 12.0 Å². The lowest BCUT2D eigenvalue weighted by molar-refractivity contribution is 0.437. The van der Waals surface area contributed by atoms with Crippen LogP contribution in [0.1, 0.15) is 25.6 Å². The Morgan fingerprint density at radius 2 is 1.88 bits per heavy atom. The summed E-state index contributed by atoms with van der Waals surface area (Å²) in [7, 11) is 1.99. The minimum Gasteiger partial charge on any atom is -0.311 e. The van der Waals surface area contributed by atoms with Gasteiger partial charge in [-0.25, -0.2) is 0 Å². The third kappa shape index (κ3) is 1.93. The standard InChI is InChI=1S/C14H18N2/c1-10(2)13(15-3)14-12-7-5-4-6-11(12)8-9-16-14/h4-10,13,15H,1-3H3. The summed E-state index contributed by atoms with van der Waals surface area (Å²) in [5, 5.41) is 5.85. The minimum atomic E-state index is 0.311. The van der Waals surface area contributed by atoms with Crippen molar-refractivity contribution in [2.24, 2.45) is 5.92 Å². The van der Waals surface area contributed by atoms with Crippen molar-refractivity contribution in [1.82, 2.24) is 10.3 Å². The van der Waals surface area contributed by atoms with Crippen LogP contribution in [0.4, 0.5) is 0 Å². The summed E-state index contributed by atoms with van der Waals surface area (Å²) >= 11 is 0. The Morgan fingerprint density at radius 1 is 1.12 bits per heavy atom. The van der Waals surface area contributed by atoms with Gasteiger partial charge in [-0.2, -0.15) is 0 Å². The van der Waals surface area contributed by atoms with Crippen molar-refractivity contribution in [3.63, 3.8) is 0 Å². The van der Waals surface area contributed by atoms with Gasteiger partial charge in [-0.3, -0.25) is 4.98 Å². The second kappa shape index (κ2) is 4.62. The average molecular weight is 214 g/mol. The fraction of sp³-hybridized carbons (Fsp3) is 0.357. The number of benzene rings is 1. The number of hydrogen-bond acceptors (Lipinski definition) is 2. The molecule has 2 rings (SSSR count). The molecule has 1 aromatic heterocycles. The Labute approximate surface area is 96.7 Å². The van der Waals surface area contributed by atoms with Gasteiger partial charge in [0.15, 0.2) is 0 Å². The Morgan fingerprint density at radius 3 is 2.56 bits per heavy atom. The number of pyridine rings is 1. The first-order chi connectivity index (χ1) is 7.74. The zero-order chi connectivity index (χ0) is 11.5. The Kier molecular flexibility index (Phi) is 3.20. The second-order valence-corrected chi connectivity index (χ2v) is 4.43. The molecule has 1 N–H and O–H groups in total. The number of fused-ring (bicyclic) bond motifs is 1. The van der Waals surface area contributed by atoms with Crippen LogP contribution in [0, 0.1) is 5.92 Å². The SMILES string of the molecule is CNC(c1nccc2ccccc12)C(C)C. The van der Waals surface area contributed by atoms with Crippen LogP contribution in [0.3, 0.4) is 0 Å². The number of hydrogen-bond donors (Lipinski definition) is 1. The van der Waals surface area contributed by atoms with Gasteiger partial charge in [0.05, 0.1) is 11.7 Å². The van der Waals surface area contributed by atoms with E-state index >= 15 is 0 Å². The molecule has 0 spiro atoms. The smallest absolute Gasteiger partial charge is 0.0653 e. The summed E-state index contributed by atoms with van der Waals surface area (Å²) in [5.41, 5.74) is 1.15. The molecule has 0 bridgehead atoms. The summed E-state index contributed by atoms with van der Waals surface area (Å²) < 4.78 is 0. The van der Waals surface area contributed by atoms with Crippen LogP contribution >= 0.6 is 0 Å². The summed E-state index contributed by atoms with van der Waals surface area (Å²) in [6.07, 6.45) is 1.89. The first-order valence-corrected chi connectivity index (χ1v) is 5.75. The lowest BCUT2D eigenvalue weighted by atomic mass is 9.96. The van der Waals surface area contributed by atoms with Crippen molar-refractivity contribution in [1.29, 1.82) is 0 Å². The Hall–Kier alpha value is -1.41. The molecule has 0 radical (unpaired) electrons. The molecule has 1 heterocycles. The molecule has 1 aromatic carbocycles. The van der Waals surface area contributed by atoms with Crippen LogP contribution in [0.15, 0.2) is 36.5 Å². The van der Waals surface area contributed by atoms with E-state index < -0.39 is 0 Å². The maximum absolute atomic E-state index is 4.54. The normalized spacial score (nSPS) is 13.2. The molecule has 0 aliphatic heterocycles. The third-order valence-corrected chi connectivity index (χ3v) is 2.98. The molecule has 2 aromatic rings. The van der Waals surface area contributed by atoms with Gasteiger partial charge < -0.3 is 5.32 Å². The average Bonchev–Trinajstić information content (AvgIpc) is 2.30. The van der Waals surface area contributed by atoms with Gasteiger partial charge in [-0.05, 0) is 24.4 Å². The van der Waals surface area contributed by atoms with Crippen molar-refractivity contribution in [3.8, 4) is 0 Å². The van der Waals surface area contributed by atoms with E-state index in [0.717, 1.165) is 5.69 Å². The zero-order valence-corrected chi connectivity index (χ0v) is 10.1. The topological polar surface area (TPSA) is 24.9 Å². The van der Waals surface area contributed by atoms with Crippen molar-refractivity contribution in [2.75, 3.05) is 7.05 Å². The van der Waals surface area contributed by atoms with Crippen LogP contribution in [0.25, 0.3) is 10.8 Å². The van der Waals surface area contributed by atoms with Crippen LogP contribution in [-0.2, 0) is 0 Å². The quantitative estimate of drug-likeness (QED) is 0.849. The molecule has 2 nitrogen and oxygen atoms in total. The van der Waals surface area contributed by atoms with Crippen LogP contribution in [0.5, 0.6) is 0 Å². The van der Waals surface area contributed by atoms with E-state index in [4.69, 9.17) is 0 Å². The van der Waals surface area contributed by atoms with Gasteiger partial charge >= 0.3 is 0 Å². The van der Waals surface area contributed by atoms with Crippen LogP contribution < -0.4 is 5.32 Å². The fourth-order valence-corrected chi connectivity index (χ4v) is 2.18. The summed E-state index contributed by atoms with van der Waals surface area (Å²) in [6.45, 7) is 4.43. The highest BCUT2D eigenvalue weighted by Gasteiger charge is 2.16. The van der Waals surface area contributed by atoms with Gasteiger partial charge in [-0.15, -0.1) is 0 Å². The molecule has 0 amide bonds. The van der Waals surface area contributed by atoms with Crippen molar-refractivity contribution in [2.45, 2.75) is 19.9 Å². The molecule has 0 fully saturated rings. The number of aromatic nitrogens is 1. The van der Waals surface area contributed by atoms with Gasteiger partial charge in [0, 0.05) is 11.6 Å². The zero-order valence-electron chi connectivity index (χ0n) is 10.1. The lowest BCUT2D eigenvalue weighted by Crippen LogP contribution is -2.23. The maximum Gasteiger partial charge on any atom is 0.0653 e. The molecule has 1 atom stereocenters. The molecule has 0 aliphatic carbocycles. The number of nitrogens with zero attached hydrogens (tertiary/aromatic N) is 1. The summed E-state index contributed by atoms with van der Waals surface area (Å²) in [5.74, 6) is 0.531. The molecule has 1 unspecified atom stereocenters. The highest BCUT2D eigenvalue weighted by atomic mass is 14.9. The fourth-order valence-electron chi connectivity index (χ4n) is 2.18. The number of rotatable bonds is 3. The van der Waals surface area contributed by atoms with E-state index in [2.05, 4.69) is 54.5 Å². The predicted molar refractivity (Wildman–Crippen MR) is 68.4 cm³/mol. The minimum absolute atomic E-state index is 0.311. The third-order valence-electron chi connectivity index (χ3n) is 2.98. The van der Waals surface area contributed by atoms with Gasteiger partial charge in [0.25, 0.3) is 0 Å². The van der Waals surface area contributed by atoms with E-state index in [1.165, 1.54) is 10.8 Å². The van der Waals surface area contributed by atoms with Crippen molar-refractivity contribution >= 4 is 10.8 Å². The molecule has 84 valence electrons. The van der Waals surface area contributed by atoms with Crippen molar-refractivity contribution < 1.29 is 0 Å². The molecule has 0 aliphatic rings. The van der Waals surface area contributed by atoms with E-state index in [1.807, 2.05) is 13.2 Å². The molecular weight excluding hydrogens is 196 g/mol. The summed E-state index contributed by atoms with van der Waals surface area (Å²) in [6, 6.07) is 10.8. The first kappa shape index (κ1) is 11.1. The second-order valence-electron chi connectivity index (χ2n) is 4.43. The highest BCUT2D eigenvalue weighted by Crippen LogP contribution is 2.26. The van der Waals surface area contributed by atoms with Crippen LogP contribution in [-0.4, -0.2) is 12.0 Å². The van der Waals surface area contributed by atoms with E-state index in [-0.39, 0.29) is 0 Å². The Bertz CT molecular complexity index is 472. The lowest BCUT2D eigenvalue weighted by Gasteiger charge is -2.21. The largest absolute Gasteiger partial charge is 0.311 e. The maximum atomic E-state index is 4.54. The molecule has 0 saturated heterocycles. The Balaban J connectivity index is 2.59. The molecular formula is C14H18N2. The highest BCUT2D eigenvalue weighted by molar-refractivity contribution is 5.84. The van der Waals surface area contributed by atoms with E-state index in [1.54, 1.807) is 0 Å². The number of nitrogens with one attached hydrogen (secondary N) is 1. The van der Waals surface area contributed by atoms with Crippen LogP contribution in [0.2, 0.25) is 0 Å². The van der Waals surface area contributed by atoms with Gasteiger partial charge in [0.1, 0.15) is 0 Å².